The summed E-state index contributed by atoms with van der Waals surface area (Å²) in [5, 5.41) is 21.9. The number of hydrogen-bond acceptors (Lipinski definition) is 5. The van der Waals surface area contributed by atoms with Gasteiger partial charge in [-0.1, -0.05) is 17.7 Å². The molecule has 0 bridgehead atoms. The third-order valence-corrected chi connectivity index (χ3v) is 3.38. The molecule has 1 aromatic carbocycles. The number of hydrogen-bond donors (Lipinski definition) is 2. The molecule has 0 unspecified atom stereocenters. The molecule has 0 aromatic heterocycles. The van der Waals surface area contributed by atoms with E-state index in [2.05, 4.69) is 5.32 Å². The maximum absolute atomic E-state index is 12.1. The summed E-state index contributed by atoms with van der Waals surface area (Å²) in [6, 6.07) is 3.37. The van der Waals surface area contributed by atoms with E-state index in [1.54, 1.807) is 13.8 Å². The van der Waals surface area contributed by atoms with Gasteiger partial charge in [-0.25, -0.2) is 0 Å². The Labute approximate surface area is 142 Å². The molecule has 0 aliphatic heterocycles. The maximum Gasteiger partial charge on any atom is 0.323 e. The monoisotopic (exact) mass is 357 g/mol. The number of rotatable bonds is 7. The number of halogens is 1. The summed E-state index contributed by atoms with van der Waals surface area (Å²) in [5.74, 6) is -2.71. The fraction of sp³-hybridized carbons (Fsp3) is 0.357. The van der Waals surface area contributed by atoms with Crippen LogP contribution in [-0.2, 0) is 9.59 Å². The van der Waals surface area contributed by atoms with Gasteiger partial charge < -0.3 is 15.3 Å². The van der Waals surface area contributed by atoms with Crippen LogP contribution in [0, 0.1) is 10.1 Å². The number of aliphatic carboxylic acids is 1. The largest absolute Gasteiger partial charge is 0.480 e. The standard InChI is InChI=1S/C14H16ClN3O6/c1-8(2)17(7-12(20)21)11(19)6-16-14(22)13-9(15)4-3-5-10(13)18(23)24/h3-5,8H,6-7H2,1-2H3,(H,16,22)(H,20,21). The van der Waals surface area contributed by atoms with Gasteiger partial charge in [-0.3, -0.25) is 24.5 Å². The Morgan fingerprint density at radius 3 is 2.50 bits per heavy atom. The highest BCUT2D eigenvalue weighted by Gasteiger charge is 2.25. The summed E-state index contributed by atoms with van der Waals surface area (Å²) in [7, 11) is 0. The number of carbonyl (C=O) groups is 3. The lowest BCUT2D eigenvalue weighted by Crippen LogP contribution is -2.46. The number of carbonyl (C=O) groups excluding carboxylic acids is 2. The number of amides is 2. The summed E-state index contributed by atoms with van der Waals surface area (Å²) < 4.78 is 0. The Morgan fingerprint density at radius 2 is 2.00 bits per heavy atom. The van der Waals surface area contributed by atoms with Crippen molar-refractivity contribution in [2.75, 3.05) is 13.1 Å². The highest BCUT2D eigenvalue weighted by atomic mass is 35.5. The fourth-order valence-electron chi connectivity index (χ4n) is 1.94. The number of carboxylic acid groups (broad SMARTS) is 1. The normalized spacial score (nSPS) is 10.3. The van der Waals surface area contributed by atoms with Gasteiger partial charge in [-0.2, -0.15) is 0 Å². The molecule has 130 valence electrons. The second-order valence-electron chi connectivity index (χ2n) is 5.08. The van der Waals surface area contributed by atoms with E-state index in [0.29, 0.717) is 0 Å². The number of benzene rings is 1. The van der Waals surface area contributed by atoms with Crippen LogP contribution in [0.4, 0.5) is 5.69 Å². The molecule has 0 aliphatic carbocycles. The molecule has 9 nitrogen and oxygen atoms in total. The average molecular weight is 358 g/mol. The zero-order valence-electron chi connectivity index (χ0n) is 13.0. The molecule has 24 heavy (non-hydrogen) atoms. The lowest BCUT2D eigenvalue weighted by atomic mass is 10.1. The molecule has 0 saturated heterocycles. The van der Waals surface area contributed by atoms with Gasteiger partial charge in [-0.15, -0.1) is 0 Å². The van der Waals surface area contributed by atoms with Gasteiger partial charge in [0.25, 0.3) is 11.6 Å². The van der Waals surface area contributed by atoms with Crippen LogP contribution in [0.1, 0.15) is 24.2 Å². The van der Waals surface area contributed by atoms with Crippen molar-refractivity contribution in [3.63, 3.8) is 0 Å². The molecule has 0 saturated carbocycles. The first kappa shape index (κ1) is 19.4. The first-order valence-electron chi connectivity index (χ1n) is 6.87. The average Bonchev–Trinajstić information content (AvgIpc) is 2.49. The van der Waals surface area contributed by atoms with Crippen LogP contribution in [0.3, 0.4) is 0 Å². The summed E-state index contributed by atoms with van der Waals surface area (Å²) in [6.45, 7) is 2.23. The highest BCUT2D eigenvalue weighted by Crippen LogP contribution is 2.25. The van der Waals surface area contributed by atoms with Gasteiger partial charge >= 0.3 is 5.97 Å². The van der Waals surface area contributed by atoms with Gasteiger partial charge in [0.05, 0.1) is 16.5 Å². The predicted molar refractivity (Wildman–Crippen MR) is 84.9 cm³/mol. The van der Waals surface area contributed by atoms with Gasteiger partial charge in [0.15, 0.2) is 0 Å². The van der Waals surface area contributed by atoms with Crippen LogP contribution < -0.4 is 5.32 Å². The van der Waals surface area contributed by atoms with Crippen molar-refractivity contribution in [2.45, 2.75) is 19.9 Å². The van der Waals surface area contributed by atoms with Crippen molar-refractivity contribution < 1.29 is 24.4 Å². The van der Waals surface area contributed by atoms with E-state index in [0.717, 1.165) is 11.0 Å². The molecule has 0 fully saturated rings. The summed E-state index contributed by atoms with van der Waals surface area (Å²) >= 11 is 5.83. The van der Waals surface area contributed by atoms with Crippen LogP contribution in [0.25, 0.3) is 0 Å². The van der Waals surface area contributed by atoms with Crippen molar-refractivity contribution in [3.05, 3.63) is 38.9 Å². The molecule has 10 heteroatoms. The Balaban J connectivity index is 2.88. The quantitative estimate of drug-likeness (QED) is 0.558. The molecular formula is C14H16ClN3O6. The van der Waals surface area contributed by atoms with Gasteiger partial charge in [0.2, 0.25) is 5.91 Å². The fourth-order valence-corrected chi connectivity index (χ4v) is 2.20. The minimum Gasteiger partial charge on any atom is -0.480 e. The Bertz CT molecular complexity index is 676. The SMILES string of the molecule is CC(C)N(CC(=O)O)C(=O)CNC(=O)c1c(Cl)cccc1[N+](=O)[O-]. The summed E-state index contributed by atoms with van der Waals surface area (Å²) in [6.07, 6.45) is 0. The Kier molecular flexibility index (Phi) is 6.66. The number of nitro benzene ring substituents is 1. The summed E-state index contributed by atoms with van der Waals surface area (Å²) in [4.78, 5) is 46.2. The number of nitrogens with zero attached hydrogens (tertiary/aromatic N) is 2. The zero-order chi connectivity index (χ0) is 18.4. The minimum atomic E-state index is -1.19. The third-order valence-electron chi connectivity index (χ3n) is 3.06. The number of carboxylic acids is 1. The molecule has 2 amide bonds. The molecule has 0 aliphatic rings. The van der Waals surface area contributed by atoms with E-state index in [-0.39, 0.29) is 16.6 Å². The first-order chi connectivity index (χ1) is 11.1. The first-order valence-corrected chi connectivity index (χ1v) is 7.25. The molecule has 0 spiro atoms. The van der Waals surface area contributed by atoms with Crippen molar-refractivity contribution in [1.82, 2.24) is 10.2 Å². The van der Waals surface area contributed by atoms with Crippen molar-refractivity contribution in [1.29, 1.82) is 0 Å². The lowest BCUT2D eigenvalue weighted by molar-refractivity contribution is -0.385. The van der Waals surface area contributed by atoms with E-state index in [4.69, 9.17) is 16.7 Å². The van der Waals surface area contributed by atoms with Gasteiger partial charge in [0.1, 0.15) is 12.1 Å². The second-order valence-corrected chi connectivity index (χ2v) is 5.49. The lowest BCUT2D eigenvalue weighted by Gasteiger charge is -2.24. The van der Waals surface area contributed by atoms with E-state index < -0.39 is 41.5 Å². The van der Waals surface area contributed by atoms with Crippen LogP contribution in [-0.4, -0.2) is 51.8 Å². The van der Waals surface area contributed by atoms with E-state index in [1.807, 2.05) is 0 Å². The zero-order valence-corrected chi connectivity index (χ0v) is 13.7. The summed E-state index contributed by atoms with van der Waals surface area (Å²) in [5.41, 5.74) is -0.843. The van der Waals surface area contributed by atoms with Crippen LogP contribution in [0.5, 0.6) is 0 Å². The van der Waals surface area contributed by atoms with E-state index in [1.165, 1.54) is 12.1 Å². The molecule has 1 rings (SSSR count). The van der Waals surface area contributed by atoms with Crippen LogP contribution >= 0.6 is 11.6 Å². The smallest absolute Gasteiger partial charge is 0.323 e. The molecule has 0 heterocycles. The molecule has 0 atom stereocenters. The minimum absolute atomic E-state index is 0.125. The molecular weight excluding hydrogens is 342 g/mol. The van der Waals surface area contributed by atoms with Crippen LogP contribution in [0.15, 0.2) is 18.2 Å². The second kappa shape index (κ2) is 8.25. The number of nitro groups is 1. The van der Waals surface area contributed by atoms with Crippen molar-refractivity contribution in [3.8, 4) is 0 Å². The number of nitrogens with one attached hydrogen (secondary N) is 1. The van der Waals surface area contributed by atoms with E-state index in [9.17, 15) is 24.5 Å². The predicted octanol–water partition coefficient (Wildman–Crippen LogP) is 1.30. The molecule has 1 aromatic rings. The maximum atomic E-state index is 12.1. The van der Waals surface area contributed by atoms with Gasteiger partial charge in [0, 0.05) is 12.1 Å². The topological polar surface area (TPSA) is 130 Å². The van der Waals surface area contributed by atoms with Gasteiger partial charge in [-0.05, 0) is 19.9 Å². The van der Waals surface area contributed by atoms with Crippen molar-refractivity contribution >= 4 is 35.1 Å². The van der Waals surface area contributed by atoms with Crippen LogP contribution in [0.2, 0.25) is 5.02 Å². The van der Waals surface area contributed by atoms with E-state index >= 15 is 0 Å². The molecule has 2 N–H and O–H groups in total. The highest BCUT2D eigenvalue weighted by molar-refractivity contribution is 6.34. The Hall–Kier alpha value is -2.68. The van der Waals surface area contributed by atoms with Crippen molar-refractivity contribution in [2.24, 2.45) is 0 Å². The molecule has 0 radical (unpaired) electrons. The third kappa shape index (κ3) is 4.92. The Morgan fingerprint density at radius 1 is 1.38 bits per heavy atom.